The van der Waals surface area contributed by atoms with E-state index < -0.39 is 0 Å². The van der Waals surface area contributed by atoms with E-state index in [0.29, 0.717) is 28.5 Å². The molecule has 0 fully saturated rings. The maximum atomic E-state index is 12.5. The van der Waals surface area contributed by atoms with Gasteiger partial charge in [0.25, 0.3) is 11.8 Å². The summed E-state index contributed by atoms with van der Waals surface area (Å²) in [4.78, 5) is 28.4. The number of benzene rings is 3. The van der Waals surface area contributed by atoms with Crippen LogP contribution in [0, 0.1) is 0 Å². The Kier molecular flexibility index (Phi) is 4.99. The second-order valence-electron chi connectivity index (χ2n) is 6.46. The van der Waals surface area contributed by atoms with Gasteiger partial charge in [0.1, 0.15) is 0 Å². The molecule has 1 amide bonds. The Morgan fingerprint density at radius 3 is 2.31 bits per heavy atom. The van der Waals surface area contributed by atoms with Crippen molar-refractivity contribution in [2.75, 3.05) is 5.32 Å². The van der Waals surface area contributed by atoms with E-state index in [2.05, 4.69) is 15.5 Å². The van der Waals surface area contributed by atoms with Gasteiger partial charge in [0.2, 0.25) is 5.82 Å². The van der Waals surface area contributed by atoms with Crippen molar-refractivity contribution in [2.24, 2.45) is 0 Å². The number of nitrogens with zero attached hydrogens (tertiary/aromatic N) is 2. The van der Waals surface area contributed by atoms with Gasteiger partial charge in [-0.15, -0.1) is 0 Å². The number of amides is 1. The number of aromatic nitrogens is 2. The number of nitrogens with one attached hydrogen (secondary N) is 1. The molecule has 6 nitrogen and oxygen atoms in total. The Hall–Kier alpha value is -4.06. The topological polar surface area (TPSA) is 85.1 Å². The summed E-state index contributed by atoms with van der Waals surface area (Å²) in [6, 6.07) is 23.3. The molecule has 4 aromatic rings. The van der Waals surface area contributed by atoms with E-state index in [0.717, 1.165) is 11.1 Å². The summed E-state index contributed by atoms with van der Waals surface area (Å²) in [6.45, 7) is 1.49. The third-order valence-corrected chi connectivity index (χ3v) is 4.38. The highest BCUT2D eigenvalue weighted by molar-refractivity contribution is 6.05. The van der Waals surface area contributed by atoms with Crippen LogP contribution in [0.25, 0.3) is 22.8 Å². The quantitative estimate of drug-likeness (QED) is 0.498. The fourth-order valence-electron chi connectivity index (χ4n) is 2.83. The predicted octanol–water partition coefficient (Wildman–Crippen LogP) is 4.86. The van der Waals surface area contributed by atoms with Gasteiger partial charge in [-0.2, -0.15) is 4.98 Å². The van der Waals surface area contributed by atoms with Crippen LogP contribution in [-0.2, 0) is 0 Å². The van der Waals surface area contributed by atoms with E-state index in [-0.39, 0.29) is 11.7 Å². The molecule has 1 N–H and O–H groups in total. The van der Waals surface area contributed by atoms with Gasteiger partial charge in [-0.05, 0) is 43.3 Å². The van der Waals surface area contributed by atoms with Crippen LogP contribution in [0.2, 0.25) is 0 Å². The van der Waals surface area contributed by atoms with Gasteiger partial charge in [-0.1, -0.05) is 47.6 Å². The molecule has 6 heteroatoms. The third kappa shape index (κ3) is 4.11. The van der Waals surface area contributed by atoms with Gasteiger partial charge in [0, 0.05) is 27.9 Å². The maximum absolute atomic E-state index is 12.5. The van der Waals surface area contributed by atoms with E-state index in [1.807, 2.05) is 30.3 Å². The third-order valence-electron chi connectivity index (χ3n) is 4.38. The molecule has 0 unspecified atom stereocenters. The van der Waals surface area contributed by atoms with Crippen LogP contribution in [0.3, 0.4) is 0 Å². The van der Waals surface area contributed by atoms with E-state index in [1.165, 1.54) is 6.92 Å². The number of anilines is 1. The van der Waals surface area contributed by atoms with Gasteiger partial charge in [0.05, 0.1) is 0 Å². The molecule has 1 aromatic heterocycles. The van der Waals surface area contributed by atoms with Crippen LogP contribution in [0.4, 0.5) is 5.69 Å². The molecular weight excluding hydrogens is 366 g/mol. The van der Waals surface area contributed by atoms with Crippen LogP contribution < -0.4 is 5.32 Å². The molecule has 142 valence electrons. The second-order valence-corrected chi connectivity index (χ2v) is 6.46. The van der Waals surface area contributed by atoms with Crippen LogP contribution in [0.5, 0.6) is 0 Å². The minimum absolute atomic E-state index is 0.0557. The van der Waals surface area contributed by atoms with Gasteiger partial charge in [-0.25, -0.2) is 0 Å². The number of carbonyl (C=O) groups is 2. The highest BCUT2D eigenvalue weighted by atomic mass is 16.5. The fourth-order valence-corrected chi connectivity index (χ4v) is 2.83. The number of Topliss-reactive ketones (excluding diaryl/α,β-unsaturated/α-hetero) is 1. The summed E-state index contributed by atoms with van der Waals surface area (Å²) in [6.07, 6.45) is 0. The second kappa shape index (κ2) is 7.90. The van der Waals surface area contributed by atoms with Crippen molar-refractivity contribution in [3.8, 4) is 22.8 Å². The molecule has 0 aliphatic heterocycles. The SMILES string of the molecule is CC(=O)c1cccc(NC(=O)c2ccc(-c3nc(-c4ccccc4)no3)cc2)c1. The minimum atomic E-state index is -0.271. The lowest BCUT2D eigenvalue weighted by Crippen LogP contribution is -2.12. The van der Waals surface area contributed by atoms with Crippen molar-refractivity contribution in [2.45, 2.75) is 6.92 Å². The number of ketones is 1. The zero-order chi connectivity index (χ0) is 20.2. The molecule has 0 spiro atoms. The van der Waals surface area contributed by atoms with Gasteiger partial charge < -0.3 is 9.84 Å². The largest absolute Gasteiger partial charge is 0.334 e. The Morgan fingerprint density at radius 1 is 0.828 bits per heavy atom. The normalized spacial score (nSPS) is 10.5. The van der Waals surface area contributed by atoms with E-state index in [9.17, 15) is 9.59 Å². The molecule has 4 rings (SSSR count). The van der Waals surface area contributed by atoms with Crippen molar-refractivity contribution in [3.05, 3.63) is 90.0 Å². The first-order chi connectivity index (χ1) is 14.1. The summed E-state index contributed by atoms with van der Waals surface area (Å²) in [7, 11) is 0. The first kappa shape index (κ1) is 18.3. The molecular formula is C23H17N3O3. The van der Waals surface area contributed by atoms with Crippen molar-refractivity contribution in [1.82, 2.24) is 10.1 Å². The van der Waals surface area contributed by atoms with Gasteiger partial charge in [-0.3, -0.25) is 9.59 Å². The van der Waals surface area contributed by atoms with E-state index in [1.54, 1.807) is 48.5 Å². The summed E-state index contributed by atoms with van der Waals surface area (Å²) in [5.74, 6) is 0.561. The van der Waals surface area contributed by atoms with Crippen LogP contribution >= 0.6 is 0 Å². The average Bonchev–Trinajstić information content (AvgIpc) is 3.25. The minimum Gasteiger partial charge on any atom is -0.334 e. The highest BCUT2D eigenvalue weighted by Crippen LogP contribution is 2.22. The molecule has 0 aliphatic carbocycles. The Bertz CT molecular complexity index is 1170. The van der Waals surface area contributed by atoms with Gasteiger partial charge >= 0.3 is 0 Å². The lowest BCUT2D eigenvalue weighted by molar-refractivity contribution is 0.101. The summed E-state index contributed by atoms with van der Waals surface area (Å²) < 4.78 is 5.34. The zero-order valence-corrected chi connectivity index (χ0v) is 15.6. The number of hydrogen-bond acceptors (Lipinski definition) is 5. The summed E-state index contributed by atoms with van der Waals surface area (Å²) in [5, 5.41) is 6.80. The predicted molar refractivity (Wildman–Crippen MR) is 110 cm³/mol. The monoisotopic (exact) mass is 383 g/mol. The molecule has 29 heavy (non-hydrogen) atoms. The molecule has 0 aliphatic rings. The zero-order valence-electron chi connectivity index (χ0n) is 15.6. The van der Waals surface area contributed by atoms with E-state index >= 15 is 0 Å². The number of hydrogen-bond donors (Lipinski definition) is 1. The molecule has 0 radical (unpaired) electrons. The first-order valence-electron chi connectivity index (χ1n) is 9.02. The smallest absolute Gasteiger partial charge is 0.258 e. The Morgan fingerprint density at radius 2 is 1.59 bits per heavy atom. The van der Waals surface area contributed by atoms with Crippen LogP contribution in [0.1, 0.15) is 27.6 Å². The van der Waals surface area contributed by atoms with Gasteiger partial charge in [0.15, 0.2) is 5.78 Å². The molecule has 0 saturated heterocycles. The molecule has 0 bridgehead atoms. The lowest BCUT2D eigenvalue weighted by Gasteiger charge is -2.06. The molecule has 1 heterocycles. The lowest BCUT2D eigenvalue weighted by atomic mass is 10.1. The van der Waals surface area contributed by atoms with Crippen LogP contribution in [0.15, 0.2) is 83.4 Å². The van der Waals surface area contributed by atoms with Crippen molar-refractivity contribution in [3.63, 3.8) is 0 Å². The van der Waals surface area contributed by atoms with Crippen molar-refractivity contribution < 1.29 is 14.1 Å². The Labute approximate surface area is 167 Å². The molecule has 3 aromatic carbocycles. The van der Waals surface area contributed by atoms with Crippen LogP contribution in [-0.4, -0.2) is 21.8 Å². The fraction of sp³-hybridized carbons (Fsp3) is 0.0435. The first-order valence-corrected chi connectivity index (χ1v) is 9.02. The van der Waals surface area contributed by atoms with Crippen molar-refractivity contribution in [1.29, 1.82) is 0 Å². The standard InChI is InChI=1S/C23H17N3O3/c1-15(27)19-8-5-9-20(14-19)24-22(28)17-10-12-18(13-11-17)23-25-21(26-29-23)16-6-3-2-4-7-16/h2-14H,1H3,(H,24,28). The Balaban J connectivity index is 1.49. The van der Waals surface area contributed by atoms with Crippen molar-refractivity contribution >= 4 is 17.4 Å². The number of carbonyl (C=O) groups excluding carboxylic acids is 2. The van der Waals surface area contributed by atoms with E-state index in [4.69, 9.17) is 4.52 Å². The molecule has 0 saturated carbocycles. The summed E-state index contributed by atoms with van der Waals surface area (Å²) >= 11 is 0. The molecule has 0 atom stereocenters. The number of rotatable bonds is 5. The summed E-state index contributed by atoms with van der Waals surface area (Å²) in [5.41, 5.74) is 3.17. The highest BCUT2D eigenvalue weighted by Gasteiger charge is 2.12. The average molecular weight is 383 g/mol. The maximum Gasteiger partial charge on any atom is 0.258 e.